The summed E-state index contributed by atoms with van der Waals surface area (Å²) in [5.41, 5.74) is 0. The van der Waals surface area contributed by atoms with Crippen LogP contribution in [0.15, 0.2) is 0 Å². The van der Waals surface area contributed by atoms with Crippen LogP contribution in [0.4, 0.5) is 0 Å². The smallest absolute Gasteiger partial charge is 0.264 e. The normalized spacial score (nSPS) is 13.3. The first kappa shape index (κ1) is 22.9. The highest BCUT2D eigenvalue weighted by Crippen LogP contribution is 2.20. The zero-order valence-electron chi connectivity index (χ0n) is 15.3. The molecule has 0 heterocycles. The van der Waals surface area contributed by atoms with E-state index >= 15 is 0 Å². The molecule has 0 aliphatic heterocycles. The van der Waals surface area contributed by atoms with Crippen molar-refractivity contribution < 1.29 is 17.2 Å². The van der Waals surface area contributed by atoms with Gasteiger partial charge in [-0.1, -0.05) is 90.9 Å². The van der Waals surface area contributed by atoms with Crippen LogP contribution in [0.25, 0.3) is 0 Å². The zero-order chi connectivity index (χ0) is 17.4. The van der Waals surface area contributed by atoms with Gasteiger partial charge in [-0.3, -0.25) is 4.55 Å². The highest BCUT2D eigenvalue weighted by atomic mass is 32.3. The van der Waals surface area contributed by atoms with Crippen LogP contribution >= 0.6 is 0 Å². The van der Waals surface area contributed by atoms with Crippen LogP contribution in [-0.2, 0) is 14.6 Å². The van der Waals surface area contributed by atoms with Crippen LogP contribution in [0, 0.1) is 5.92 Å². The van der Waals surface area contributed by atoms with E-state index in [2.05, 4.69) is 18.0 Å². The third-order valence-corrected chi connectivity index (χ3v) is 4.82. The van der Waals surface area contributed by atoms with E-state index < -0.39 is 10.4 Å². The second-order valence-corrected chi connectivity index (χ2v) is 7.78. The van der Waals surface area contributed by atoms with Gasteiger partial charge in [0.1, 0.15) is 0 Å². The van der Waals surface area contributed by atoms with Gasteiger partial charge in [0.05, 0.1) is 6.61 Å². The molecule has 1 atom stereocenters. The van der Waals surface area contributed by atoms with E-state index in [0.717, 1.165) is 25.7 Å². The predicted octanol–water partition coefficient (Wildman–Crippen LogP) is 5.92. The van der Waals surface area contributed by atoms with Crippen LogP contribution in [0.3, 0.4) is 0 Å². The minimum absolute atomic E-state index is 0.126. The molecule has 1 N–H and O–H groups in total. The Hall–Kier alpha value is -0.130. The molecule has 23 heavy (non-hydrogen) atoms. The third kappa shape index (κ3) is 18.1. The lowest BCUT2D eigenvalue weighted by Gasteiger charge is -2.16. The summed E-state index contributed by atoms with van der Waals surface area (Å²) in [6.07, 6.45) is 16.9. The number of hydrogen-bond acceptors (Lipinski definition) is 3. The SMILES string of the molecule is CCCCCCCCCCC(CCCCCC)COS(=O)(=O)O. The van der Waals surface area contributed by atoms with Gasteiger partial charge in [-0.25, -0.2) is 4.18 Å². The molecule has 0 aromatic rings. The number of rotatable bonds is 17. The van der Waals surface area contributed by atoms with Gasteiger partial charge >= 0.3 is 10.4 Å². The maximum Gasteiger partial charge on any atom is 0.397 e. The van der Waals surface area contributed by atoms with E-state index in [-0.39, 0.29) is 12.5 Å². The van der Waals surface area contributed by atoms with Crippen LogP contribution < -0.4 is 0 Å². The zero-order valence-corrected chi connectivity index (χ0v) is 16.1. The van der Waals surface area contributed by atoms with Crippen molar-refractivity contribution in [2.24, 2.45) is 5.92 Å². The molecule has 1 unspecified atom stereocenters. The van der Waals surface area contributed by atoms with Crippen molar-refractivity contribution in [3.63, 3.8) is 0 Å². The van der Waals surface area contributed by atoms with E-state index in [9.17, 15) is 8.42 Å². The fourth-order valence-corrected chi connectivity index (χ4v) is 3.28. The van der Waals surface area contributed by atoms with Gasteiger partial charge in [0.15, 0.2) is 0 Å². The predicted molar refractivity (Wildman–Crippen MR) is 97.0 cm³/mol. The molecule has 0 spiro atoms. The van der Waals surface area contributed by atoms with Crippen molar-refractivity contribution in [2.45, 2.75) is 104 Å². The molecule has 140 valence electrons. The lowest BCUT2D eigenvalue weighted by molar-refractivity contribution is 0.204. The average Bonchev–Trinajstić information content (AvgIpc) is 2.50. The molecular weight excluding hydrogens is 312 g/mol. The van der Waals surface area contributed by atoms with Gasteiger partial charge in [-0.15, -0.1) is 0 Å². The minimum atomic E-state index is -4.30. The fourth-order valence-electron chi connectivity index (χ4n) is 2.92. The van der Waals surface area contributed by atoms with Gasteiger partial charge in [0.2, 0.25) is 0 Å². The molecule has 0 fully saturated rings. The molecule has 0 radical (unpaired) electrons. The molecular formula is C18H38O4S. The van der Waals surface area contributed by atoms with Crippen LogP contribution in [-0.4, -0.2) is 19.6 Å². The Kier molecular flexibility index (Phi) is 15.3. The Morgan fingerprint density at radius 3 is 1.57 bits per heavy atom. The summed E-state index contributed by atoms with van der Waals surface area (Å²) in [5, 5.41) is 0. The lowest BCUT2D eigenvalue weighted by atomic mass is 9.95. The molecule has 0 aliphatic carbocycles. The van der Waals surface area contributed by atoms with Crippen molar-refractivity contribution in [1.82, 2.24) is 0 Å². The van der Waals surface area contributed by atoms with E-state index in [0.29, 0.717) is 0 Å². The first-order valence-corrected chi connectivity index (χ1v) is 11.0. The molecule has 0 amide bonds. The summed E-state index contributed by atoms with van der Waals surface area (Å²) in [7, 11) is -4.30. The van der Waals surface area contributed by atoms with E-state index in [1.165, 1.54) is 64.2 Å². The Bertz CT molecular complexity index is 341. The van der Waals surface area contributed by atoms with E-state index in [4.69, 9.17) is 4.55 Å². The topological polar surface area (TPSA) is 63.6 Å². The second kappa shape index (κ2) is 15.4. The molecule has 0 aromatic carbocycles. The van der Waals surface area contributed by atoms with Crippen LogP contribution in [0.1, 0.15) is 104 Å². The van der Waals surface area contributed by atoms with Crippen molar-refractivity contribution in [1.29, 1.82) is 0 Å². The standard InChI is InChI=1S/C18H38O4S/c1-3-5-7-9-10-11-12-14-16-18(15-13-8-6-4-2)17-22-23(19,20)21/h18H,3-17H2,1-2H3,(H,19,20,21). The molecule has 0 aromatic heterocycles. The molecule has 0 saturated heterocycles. The first-order chi connectivity index (χ1) is 11.0. The Balaban J connectivity index is 3.81. The molecule has 0 rings (SSSR count). The first-order valence-electron chi connectivity index (χ1n) is 9.61. The maximum absolute atomic E-state index is 10.7. The summed E-state index contributed by atoms with van der Waals surface area (Å²) in [6, 6.07) is 0. The lowest BCUT2D eigenvalue weighted by Crippen LogP contribution is -2.14. The Labute approximate surface area is 144 Å². The van der Waals surface area contributed by atoms with Gasteiger partial charge < -0.3 is 0 Å². The second-order valence-electron chi connectivity index (χ2n) is 6.69. The highest BCUT2D eigenvalue weighted by Gasteiger charge is 2.13. The summed E-state index contributed by atoms with van der Waals surface area (Å²) >= 11 is 0. The largest absolute Gasteiger partial charge is 0.397 e. The molecule has 0 bridgehead atoms. The number of hydrogen-bond donors (Lipinski definition) is 1. The third-order valence-electron chi connectivity index (χ3n) is 4.38. The highest BCUT2D eigenvalue weighted by molar-refractivity contribution is 7.80. The molecule has 0 saturated carbocycles. The van der Waals surface area contributed by atoms with E-state index in [1.807, 2.05) is 0 Å². The van der Waals surface area contributed by atoms with Crippen molar-refractivity contribution in [2.75, 3.05) is 6.61 Å². The van der Waals surface area contributed by atoms with Gasteiger partial charge in [0.25, 0.3) is 0 Å². The monoisotopic (exact) mass is 350 g/mol. The summed E-state index contributed by atoms with van der Waals surface area (Å²) in [6.45, 7) is 4.54. The van der Waals surface area contributed by atoms with Gasteiger partial charge in [0, 0.05) is 0 Å². The van der Waals surface area contributed by atoms with Gasteiger partial charge in [-0.05, 0) is 18.8 Å². The summed E-state index contributed by atoms with van der Waals surface area (Å²) < 4.78 is 34.8. The summed E-state index contributed by atoms with van der Waals surface area (Å²) in [5.74, 6) is 0.244. The molecule has 0 aliphatic rings. The van der Waals surface area contributed by atoms with E-state index in [1.54, 1.807) is 0 Å². The fraction of sp³-hybridized carbons (Fsp3) is 1.00. The Morgan fingerprint density at radius 2 is 1.13 bits per heavy atom. The maximum atomic E-state index is 10.7. The Morgan fingerprint density at radius 1 is 0.739 bits per heavy atom. The molecule has 4 nitrogen and oxygen atoms in total. The molecule has 5 heteroatoms. The van der Waals surface area contributed by atoms with Crippen molar-refractivity contribution >= 4 is 10.4 Å². The van der Waals surface area contributed by atoms with Gasteiger partial charge in [-0.2, -0.15) is 8.42 Å². The minimum Gasteiger partial charge on any atom is -0.264 e. The van der Waals surface area contributed by atoms with Crippen LogP contribution in [0.5, 0.6) is 0 Å². The quantitative estimate of drug-likeness (QED) is 0.261. The summed E-state index contributed by atoms with van der Waals surface area (Å²) in [4.78, 5) is 0. The van der Waals surface area contributed by atoms with Crippen LogP contribution in [0.2, 0.25) is 0 Å². The van der Waals surface area contributed by atoms with Crippen molar-refractivity contribution in [3.8, 4) is 0 Å². The number of unbranched alkanes of at least 4 members (excludes halogenated alkanes) is 10. The average molecular weight is 351 g/mol. The van der Waals surface area contributed by atoms with Crippen molar-refractivity contribution in [3.05, 3.63) is 0 Å².